The summed E-state index contributed by atoms with van der Waals surface area (Å²) in [4.78, 5) is 25.6. The topological polar surface area (TPSA) is 46.6 Å². The third-order valence-electron chi connectivity index (χ3n) is 4.49. The third kappa shape index (κ3) is 9.59. The second-order valence-corrected chi connectivity index (χ2v) is 7.08. The zero-order chi connectivity index (χ0) is 19.2. The summed E-state index contributed by atoms with van der Waals surface area (Å²) in [5.41, 5.74) is 1.62. The fourth-order valence-corrected chi connectivity index (χ4v) is 2.91. The second-order valence-electron chi connectivity index (χ2n) is 7.08. The quantitative estimate of drug-likeness (QED) is 0.361. The summed E-state index contributed by atoms with van der Waals surface area (Å²) in [6, 6.07) is 7.38. The lowest BCUT2D eigenvalue weighted by Gasteiger charge is -2.16. The summed E-state index contributed by atoms with van der Waals surface area (Å²) in [5, 5.41) is 0. The van der Waals surface area contributed by atoms with Crippen LogP contribution in [0.3, 0.4) is 0 Å². The molecule has 0 atom stereocenters. The molecule has 4 nitrogen and oxygen atoms in total. The molecular formula is C22H35NO3. The maximum atomic E-state index is 12.3. The first-order chi connectivity index (χ1) is 12.5. The van der Waals surface area contributed by atoms with E-state index >= 15 is 0 Å². The van der Waals surface area contributed by atoms with Crippen molar-refractivity contribution in [2.24, 2.45) is 0 Å². The number of benzene rings is 1. The molecule has 0 radical (unpaired) electrons. The van der Waals surface area contributed by atoms with Crippen molar-refractivity contribution in [1.82, 2.24) is 4.90 Å². The monoisotopic (exact) mass is 361 g/mol. The van der Waals surface area contributed by atoms with Crippen LogP contribution in [-0.4, -0.2) is 37.0 Å². The Morgan fingerprint density at radius 1 is 0.962 bits per heavy atom. The summed E-state index contributed by atoms with van der Waals surface area (Å²) < 4.78 is 5.25. The van der Waals surface area contributed by atoms with Crippen molar-refractivity contribution in [2.45, 2.75) is 71.6 Å². The number of hydrogen-bond acceptors (Lipinski definition) is 3. The number of aryl methyl sites for hydroxylation is 1. The number of rotatable bonds is 13. The first kappa shape index (κ1) is 22.2. The number of amides is 1. The van der Waals surface area contributed by atoms with E-state index in [-0.39, 0.29) is 18.4 Å². The predicted octanol–water partition coefficient (Wildman–Crippen LogP) is 5.14. The molecule has 0 aliphatic rings. The molecule has 0 aromatic heterocycles. The number of esters is 1. The number of carbonyl (C=O) groups is 2. The van der Waals surface area contributed by atoms with Crippen LogP contribution in [0.4, 0.5) is 0 Å². The third-order valence-corrected chi connectivity index (χ3v) is 4.49. The van der Waals surface area contributed by atoms with E-state index in [0.29, 0.717) is 12.2 Å². The van der Waals surface area contributed by atoms with Crippen LogP contribution in [0.25, 0.3) is 0 Å². The van der Waals surface area contributed by atoms with Gasteiger partial charge in [-0.15, -0.1) is 0 Å². The van der Waals surface area contributed by atoms with Gasteiger partial charge in [0.15, 0.2) is 0 Å². The first-order valence-corrected chi connectivity index (χ1v) is 10.0. The van der Waals surface area contributed by atoms with Gasteiger partial charge in [-0.25, -0.2) is 0 Å². The summed E-state index contributed by atoms with van der Waals surface area (Å²) in [7, 11) is 1.63. The molecule has 1 amide bonds. The van der Waals surface area contributed by atoms with Crippen LogP contribution in [0.5, 0.6) is 0 Å². The molecule has 0 heterocycles. The van der Waals surface area contributed by atoms with Gasteiger partial charge in [-0.05, 0) is 25.5 Å². The average Bonchev–Trinajstić information content (AvgIpc) is 2.62. The normalized spacial score (nSPS) is 10.6. The molecule has 1 aromatic carbocycles. The van der Waals surface area contributed by atoms with Gasteiger partial charge in [0, 0.05) is 12.6 Å². The van der Waals surface area contributed by atoms with E-state index in [4.69, 9.17) is 4.74 Å². The Kier molecular flexibility index (Phi) is 11.4. The highest BCUT2D eigenvalue weighted by Crippen LogP contribution is 2.10. The van der Waals surface area contributed by atoms with Crippen LogP contribution in [0.1, 0.15) is 80.6 Å². The summed E-state index contributed by atoms with van der Waals surface area (Å²) >= 11 is 0. The van der Waals surface area contributed by atoms with Crippen LogP contribution in [0.2, 0.25) is 0 Å². The Bertz CT molecular complexity index is 542. The van der Waals surface area contributed by atoms with Crippen molar-refractivity contribution in [3.63, 3.8) is 0 Å². The van der Waals surface area contributed by atoms with Crippen molar-refractivity contribution in [3.05, 3.63) is 35.4 Å². The fraction of sp³-hybridized carbons (Fsp3) is 0.636. The maximum Gasteiger partial charge on any atom is 0.325 e. The van der Waals surface area contributed by atoms with Gasteiger partial charge in [0.1, 0.15) is 6.54 Å². The van der Waals surface area contributed by atoms with E-state index < -0.39 is 0 Å². The van der Waals surface area contributed by atoms with Gasteiger partial charge in [0.2, 0.25) is 0 Å². The Morgan fingerprint density at radius 2 is 1.58 bits per heavy atom. The Labute approximate surface area is 158 Å². The minimum Gasteiger partial charge on any atom is -0.464 e. The van der Waals surface area contributed by atoms with Gasteiger partial charge < -0.3 is 9.64 Å². The minimum absolute atomic E-state index is 0.00972. The molecule has 0 fully saturated rings. The molecule has 0 spiro atoms. The van der Waals surface area contributed by atoms with E-state index in [9.17, 15) is 9.59 Å². The van der Waals surface area contributed by atoms with E-state index in [1.807, 2.05) is 25.1 Å². The van der Waals surface area contributed by atoms with Crippen LogP contribution >= 0.6 is 0 Å². The Balaban J connectivity index is 2.10. The predicted molar refractivity (Wildman–Crippen MR) is 106 cm³/mol. The molecule has 0 saturated heterocycles. The molecule has 1 rings (SSSR count). The molecule has 0 N–H and O–H groups in total. The van der Waals surface area contributed by atoms with Gasteiger partial charge in [0.05, 0.1) is 6.61 Å². The molecular weight excluding hydrogens is 326 g/mol. The summed E-state index contributed by atoms with van der Waals surface area (Å²) in [6.07, 6.45) is 11.1. The smallest absolute Gasteiger partial charge is 0.325 e. The van der Waals surface area contributed by atoms with E-state index in [1.165, 1.54) is 49.8 Å². The number of nitrogens with zero attached hydrogens (tertiary/aromatic N) is 1. The highest BCUT2D eigenvalue weighted by molar-refractivity contribution is 5.95. The van der Waals surface area contributed by atoms with E-state index in [0.717, 1.165) is 18.4 Å². The number of unbranched alkanes of at least 4 members (excludes halogenated alkanes) is 8. The number of ether oxygens (including phenoxy) is 1. The van der Waals surface area contributed by atoms with Gasteiger partial charge in [-0.3, -0.25) is 9.59 Å². The lowest BCUT2D eigenvalue weighted by Crippen LogP contribution is -2.33. The van der Waals surface area contributed by atoms with Crippen molar-refractivity contribution in [2.75, 3.05) is 20.2 Å². The highest BCUT2D eigenvalue weighted by Gasteiger charge is 2.15. The Hall–Kier alpha value is -1.84. The molecule has 0 aliphatic carbocycles. The zero-order valence-corrected chi connectivity index (χ0v) is 16.8. The number of likely N-dealkylation sites (N-methyl/N-ethyl adjacent to an activating group) is 1. The fourth-order valence-electron chi connectivity index (χ4n) is 2.91. The first-order valence-electron chi connectivity index (χ1n) is 10.0. The molecule has 26 heavy (non-hydrogen) atoms. The zero-order valence-electron chi connectivity index (χ0n) is 16.8. The molecule has 0 unspecified atom stereocenters. The maximum absolute atomic E-state index is 12.3. The molecule has 0 saturated carbocycles. The van der Waals surface area contributed by atoms with Gasteiger partial charge >= 0.3 is 5.97 Å². The van der Waals surface area contributed by atoms with Crippen molar-refractivity contribution < 1.29 is 14.3 Å². The van der Waals surface area contributed by atoms with Crippen LogP contribution in [0, 0.1) is 6.92 Å². The Morgan fingerprint density at radius 3 is 2.19 bits per heavy atom. The highest BCUT2D eigenvalue weighted by atomic mass is 16.5. The molecule has 1 aromatic rings. The van der Waals surface area contributed by atoms with Crippen molar-refractivity contribution in [1.29, 1.82) is 0 Å². The summed E-state index contributed by atoms with van der Waals surface area (Å²) in [5.74, 6) is -0.498. The minimum atomic E-state index is -0.340. The standard InChI is InChI=1S/C22H35NO3/c1-4-5-6-7-8-9-10-11-12-16-26-21(24)18-23(3)22(25)20-15-13-14-19(2)17-20/h13-15,17H,4-12,16,18H2,1-3H3. The number of carbonyl (C=O) groups excluding carboxylic acids is 2. The lowest BCUT2D eigenvalue weighted by atomic mass is 10.1. The van der Waals surface area contributed by atoms with E-state index in [2.05, 4.69) is 6.92 Å². The number of hydrogen-bond donors (Lipinski definition) is 0. The van der Waals surface area contributed by atoms with Crippen LogP contribution in [-0.2, 0) is 9.53 Å². The molecule has 4 heteroatoms. The molecule has 146 valence electrons. The lowest BCUT2D eigenvalue weighted by molar-refractivity contribution is -0.144. The second kappa shape index (κ2) is 13.4. The SMILES string of the molecule is CCCCCCCCCCCOC(=O)CN(C)C(=O)c1cccc(C)c1. The van der Waals surface area contributed by atoms with Gasteiger partial charge in [-0.2, -0.15) is 0 Å². The van der Waals surface area contributed by atoms with Gasteiger partial charge in [-0.1, -0.05) is 76.0 Å². The van der Waals surface area contributed by atoms with Crippen molar-refractivity contribution >= 4 is 11.9 Å². The largest absolute Gasteiger partial charge is 0.464 e. The molecule has 0 aliphatic heterocycles. The van der Waals surface area contributed by atoms with E-state index in [1.54, 1.807) is 13.1 Å². The molecule has 0 bridgehead atoms. The van der Waals surface area contributed by atoms with Gasteiger partial charge in [0.25, 0.3) is 5.91 Å². The van der Waals surface area contributed by atoms with Crippen LogP contribution < -0.4 is 0 Å². The van der Waals surface area contributed by atoms with Crippen LogP contribution in [0.15, 0.2) is 24.3 Å². The van der Waals surface area contributed by atoms with Crippen molar-refractivity contribution in [3.8, 4) is 0 Å². The summed E-state index contributed by atoms with van der Waals surface area (Å²) in [6.45, 7) is 4.61. The average molecular weight is 362 g/mol.